The van der Waals surface area contributed by atoms with Crippen molar-refractivity contribution in [1.82, 2.24) is 15.5 Å². The number of rotatable bonds is 8. The second-order valence-electron chi connectivity index (χ2n) is 5.17. The van der Waals surface area contributed by atoms with Gasteiger partial charge in [-0.25, -0.2) is 0 Å². The highest BCUT2D eigenvalue weighted by molar-refractivity contribution is 5.89. The van der Waals surface area contributed by atoms with Crippen molar-refractivity contribution in [2.75, 3.05) is 26.7 Å². The fraction of sp³-hybridized carbons (Fsp3) is 0.857. The number of halogens is 1. The van der Waals surface area contributed by atoms with Gasteiger partial charge < -0.3 is 15.5 Å². The van der Waals surface area contributed by atoms with Crippen molar-refractivity contribution >= 4 is 24.2 Å². The van der Waals surface area contributed by atoms with E-state index in [1.54, 1.807) is 0 Å². The minimum atomic E-state index is -0.164. The van der Waals surface area contributed by atoms with E-state index in [0.29, 0.717) is 19.5 Å². The summed E-state index contributed by atoms with van der Waals surface area (Å²) in [7, 11) is 1.89. The summed E-state index contributed by atoms with van der Waals surface area (Å²) in [6.45, 7) is 6.33. The summed E-state index contributed by atoms with van der Waals surface area (Å²) in [6.07, 6.45) is 3.20. The second-order valence-corrected chi connectivity index (χ2v) is 5.17. The Morgan fingerprint density at radius 2 is 2.00 bits per heavy atom. The first-order chi connectivity index (χ1) is 9.13. The van der Waals surface area contributed by atoms with Gasteiger partial charge in [0.05, 0.1) is 5.92 Å². The molecule has 1 rings (SSSR count). The molecule has 1 fully saturated rings. The average Bonchev–Trinajstić information content (AvgIpc) is 2.79. The monoisotopic (exact) mass is 305 g/mol. The molecule has 1 saturated heterocycles. The Hall–Kier alpha value is -0.810. The minimum Gasteiger partial charge on any atom is -0.356 e. The van der Waals surface area contributed by atoms with E-state index in [0.717, 1.165) is 25.8 Å². The van der Waals surface area contributed by atoms with Crippen LogP contribution in [-0.2, 0) is 9.59 Å². The molecule has 1 aliphatic rings. The molecule has 1 unspecified atom stereocenters. The molecular weight excluding hydrogens is 278 g/mol. The van der Waals surface area contributed by atoms with Gasteiger partial charge in [0.1, 0.15) is 0 Å². The zero-order valence-electron chi connectivity index (χ0n) is 12.8. The summed E-state index contributed by atoms with van der Waals surface area (Å²) in [5.74, 6) is -0.00957. The Kier molecular flexibility index (Phi) is 9.59. The third-order valence-electron chi connectivity index (χ3n) is 3.82. The molecule has 1 atom stereocenters. The maximum atomic E-state index is 12.0. The van der Waals surface area contributed by atoms with E-state index in [1.807, 2.05) is 11.9 Å². The van der Waals surface area contributed by atoms with Crippen LogP contribution in [0, 0.1) is 5.92 Å². The van der Waals surface area contributed by atoms with E-state index in [-0.39, 0.29) is 36.2 Å². The van der Waals surface area contributed by atoms with Crippen molar-refractivity contribution in [3.8, 4) is 0 Å². The van der Waals surface area contributed by atoms with Gasteiger partial charge >= 0.3 is 0 Å². The van der Waals surface area contributed by atoms with Gasteiger partial charge in [-0.2, -0.15) is 0 Å². The van der Waals surface area contributed by atoms with Crippen LogP contribution in [0.3, 0.4) is 0 Å². The maximum absolute atomic E-state index is 12.0. The number of carbonyl (C=O) groups is 2. The van der Waals surface area contributed by atoms with E-state index in [2.05, 4.69) is 24.5 Å². The molecule has 0 aromatic rings. The Labute approximate surface area is 128 Å². The van der Waals surface area contributed by atoms with Crippen LogP contribution in [0.5, 0.6) is 0 Å². The summed E-state index contributed by atoms with van der Waals surface area (Å²) in [5, 5.41) is 5.96. The quantitative estimate of drug-likeness (QED) is 0.662. The molecular formula is C14H28ClN3O2. The van der Waals surface area contributed by atoms with Crippen LogP contribution in [0.1, 0.15) is 39.5 Å². The van der Waals surface area contributed by atoms with Crippen LogP contribution >= 0.6 is 12.4 Å². The van der Waals surface area contributed by atoms with Crippen LogP contribution in [0.2, 0.25) is 0 Å². The van der Waals surface area contributed by atoms with Crippen molar-refractivity contribution < 1.29 is 9.59 Å². The molecule has 0 radical (unpaired) electrons. The smallest absolute Gasteiger partial charge is 0.225 e. The van der Waals surface area contributed by atoms with Crippen LogP contribution in [-0.4, -0.2) is 49.4 Å². The number of amides is 2. The Morgan fingerprint density at radius 3 is 2.55 bits per heavy atom. The van der Waals surface area contributed by atoms with Gasteiger partial charge in [0.15, 0.2) is 0 Å². The first-order valence-corrected chi connectivity index (χ1v) is 7.35. The summed E-state index contributed by atoms with van der Waals surface area (Å²) in [6, 6.07) is 0.287. The zero-order valence-corrected chi connectivity index (χ0v) is 13.6. The van der Waals surface area contributed by atoms with Crippen LogP contribution < -0.4 is 10.6 Å². The lowest BCUT2D eigenvalue weighted by molar-refractivity contribution is -0.130. The lowest BCUT2D eigenvalue weighted by Crippen LogP contribution is -2.38. The SMILES string of the molecule is CCC(CC)N1CC(C(=O)NCCCNC)CC1=O.Cl. The molecule has 6 heteroatoms. The highest BCUT2D eigenvalue weighted by atomic mass is 35.5. The predicted octanol–water partition coefficient (Wildman–Crippen LogP) is 1.17. The second kappa shape index (κ2) is 10.00. The highest BCUT2D eigenvalue weighted by Gasteiger charge is 2.36. The van der Waals surface area contributed by atoms with E-state index in [4.69, 9.17) is 0 Å². The van der Waals surface area contributed by atoms with Crippen molar-refractivity contribution in [2.24, 2.45) is 5.92 Å². The lowest BCUT2D eigenvalue weighted by Gasteiger charge is -2.26. The average molecular weight is 306 g/mol. The molecule has 0 aromatic carbocycles. The molecule has 0 aromatic heterocycles. The Bertz CT molecular complexity index is 309. The van der Waals surface area contributed by atoms with Crippen molar-refractivity contribution in [2.45, 2.75) is 45.6 Å². The predicted molar refractivity (Wildman–Crippen MR) is 83.0 cm³/mol. The van der Waals surface area contributed by atoms with Crippen molar-refractivity contribution in [1.29, 1.82) is 0 Å². The minimum absolute atomic E-state index is 0. The Balaban J connectivity index is 0.00000361. The standard InChI is InChI=1S/C14H27N3O2.ClH/c1-4-12(5-2)17-10-11(9-13(17)18)14(19)16-8-6-7-15-3;/h11-12,15H,4-10H2,1-3H3,(H,16,19);1H. The van der Waals surface area contributed by atoms with Gasteiger partial charge in [0, 0.05) is 25.6 Å². The Morgan fingerprint density at radius 1 is 1.35 bits per heavy atom. The van der Waals surface area contributed by atoms with Crippen molar-refractivity contribution in [3.05, 3.63) is 0 Å². The molecule has 1 heterocycles. The van der Waals surface area contributed by atoms with Crippen LogP contribution in [0.15, 0.2) is 0 Å². The van der Waals surface area contributed by atoms with Crippen LogP contribution in [0.25, 0.3) is 0 Å². The summed E-state index contributed by atoms with van der Waals surface area (Å²) in [5.41, 5.74) is 0. The molecule has 20 heavy (non-hydrogen) atoms. The number of hydrogen-bond donors (Lipinski definition) is 2. The number of hydrogen-bond acceptors (Lipinski definition) is 3. The van der Waals surface area contributed by atoms with Gasteiger partial charge in [0.25, 0.3) is 0 Å². The molecule has 2 N–H and O–H groups in total. The van der Waals surface area contributed by atoms with E-state index >= 15 is 0 Å². The number of nitrogens with one attached hydrogen (secondary N) is 2. The number of carbonyl (C=O) groups excluding carboxylic acids is 2. The van der Waals surface area contributed by atoms with E-state index in [9.17, 15) is 9.59 Å². The summed E-state index contributed by atoms with van der Waals surface area (Å²) >= 11 is 0. The molecule has 0 saturated carbocycles. The topological polar surface area (TPSA) is 61.4 Å². The zero-order chi connectivity index (χ0) is 14.3. The molecule has 5 nitrogen and oxygen atoms in total. The third-order valence-corrected chi connectivity index (χ3v) is 3.82. The third kappa shape index (κ3) is 5.29. The normalized spacial score (nSPS) is 18.3. The maximum Gasteiger partial charge on any atom is 0.225 e. The molecule has 0 aliphatic carbocycles. The van der Waals surface area contributed by atoms with Crippen molar-refractivity contribution in [3.63, 3.8) is 0 Å². The van der Waals surface area contributed by atoms with Gasteiger partial charge in [-0.1, -0.05) is 13.8 Å². The molecule has 118 valence electrons. The highest BCUT2D eigenvalue weighted by Crippen LogP contribution is 2.23. The number of nitrogens with zero attached hydrogens (tertiary/aromatic N) is 1. The molecule has 0 bridgehead atoms. The molecule has 2 amide bonds. The lowest BCUT2D eigenvalue weighted by atomic mass is 10.1. The van der Waals surface area contributed by atoms with Crippen LogP contribution in [0.4, 0.5) is 0 Å². The van der Waals surface area contributed by atoms with Gasteiger partial charge in [0.2, 0.25) is 11.8 Å². The summed E-state index contributed by atoms with van der Waals surface area (Å²) in [4.78, 5) is 25.8. The van der Waals surface area contributed by atoms with Gasteiger partial charge in [-0.3, -0.25) is 9.59 Å². The van der Waals surface area contributed by atoms with Gasteiger partial charge in [-0.05, 0) is 32.9 Å². The van der Waals surface area contributed by atoms with Gasteiger partial charge in [-0.15, -0.1) is 12.4 Å². The fourth-order valence-electron chi connectivity index (χ4n) is 2.61. The molecule has 1 aliphatic heterocycles. The first-order valence-electron chi connectivity index (χ1n) is 7.35. The van der Waals surface area contributed by atoms with E-state index in [1.165, 1.54) is 0 Å². The first kappa shape index (κ1) is 19.2. The number of likely N-dealkylation sites (tertiary alicyclic amines) is 1. The van der Waals surface area contributed by atoms with E-state index < -0.39 is 0 Å². The fourth-order valence-corrected chi connectivity index (χ4v) is 2.61. The largest absolute Gasteiger partial charge is 0.356 e. The molecule has 0 spiro atoms. The summed E-state index contributed by atoms with van der Waals surface area (Å²) < 4.78 is 0.